The highest BCUT2D eigenvalue weighted by Crippen LogP contribution is 2.31. The molecule has 1 aliphatic rings. The highest BCUT2D eigenvalue weighted by Gasteiger charge is 2.25. The maximum atomic E-state index is 13.1. The predicted molar refractivity (Wildman–Crippen MR) is 147 cm³/mol. The average molecular weight is 509 g/mol. The normalized spacial score (nSPS) is 14.3. The van der Waals surface area contributed by atoms with Crippen LogP contribution in [0.1, 0.15) is 18.4 Å². The molecule has 0 spiro atoms. The van der Waals surface area contributed by atoms with Crippen LogP contribution in [0.2, 0.25) is 0 Å². The van der Waals surface area contributed by atoms with Gasteiger partial charge in [0.25, 0.3) is 0 Å². The van der Waals surface area contributed by atoms with E-state index in [2.05, 4.69) is 50.7 Å². The largest absolute Gasteiger partial charge is 0.342 e. The molecule has 0 bridgehead atoms. The minimum atomic E-state index is 0.151. The standard InChI is InChI=1S/C29H28N6OS/c36-26(34-17-15-22(16-18-34)19-21-9-3-1-4-10-21)20-37-29-33-32-28(35(29)23-11-5-2-6-12-23)27-24-13-7-8-14-25(24)30-31-27/h1-14,22H,15-20H2,(H,30,31). The fraction of sp³-hybridized carbons (Fsp3) is 0.241. The van der Waals surface area contributed by atoms with Crippen LogP contribution in [0.15, 0.2) is 90.1 Å². The summed E-state index contributed by atoms with van der Waals surface area (Å²) >= 11 is 1.43. The van der Waals surface area contributed by atoms with Crippen LogP contribution >= 0.6 is 11.8 Å². The average Bonchev–Trinajstić information content (AvgIpc) is 3.57. The molecule has 6 rings (SSSR count). The molecule has 0 aliphatic carbocycles. The van der Waals surface area contributed by atoms with E-state index in [9.17, 15) is 4.79 Å². The zero-order valence-electron chi connectivity index (χ0n) is 20.5. The Morgan fingerprint density at radius 3 is 2.38 bits per heavy atom. The van der Waals surface area contributed by atoms with E-state index < -0.39 is 0 Å². The second-order valence-electron chi connectivity index (χ2n) is 9.40. The highest BCUT2D eigenvalue weighted by atomic mass is 32.2. The lowest BCUT2D eigenvalue weighted by molar-refractivity contribution is -0.129. The number of nitrogens with one attached hydrogen (secondary N) is 1. The summed E-state index contributed by atoms with van der Waals surface area (Å²) in [6.07, 6.45) is 3.17. The number of amides is 1. The van der Waals surface area contributed by atoms with Crippen LogP contribution in [0.5, 0.6) is 0 Å². The van der Waals surface area contributed by atoms with Crippen molar-refractivity contribution in [3.05, 3.63) is 90.5 Å². The van der Waals surface area contributed by atoms with Crippen LogP contribution in [-0.2, 0) is 11.2 Å². The van der Waals surface area contributed by atoms with Gasteiger partial charge >= 0.3 is 0 Å². The molecular formula is C29H28N6OS. The summed E-state index contributed by atoms with van der Waals surface area (Å²) in [6.45, 7) is 1.62. The molecule has 2 aromatic heterocycles. The molecule has 3 aromatic carbocycles. The molecule has 0 saturated carbocycles. The fourth-order valence-corrected chi connectivity index (χ4v) is 5.87. The van der Waals surface area contributed by atoms with Crippen LogP contribution in [0.4, 0.5) is 0 Å². The van der Waals surface area contributed by atoms with Gasteiger partial charge in [-0.3, -0.25) is 14.5 Å². The molecule has 0 radical (unpaired) electrons. The molecule has 0 unspecified atom stereocenters. The van der Waals surface area contributed by atoms with Crippen LogP contribution in [0, 0.1) is 5.92 Å². The van der Waals surface area contributed by atoms with Crippen LogP contribution < -0.4 is 0 Å². The van der Waals surface area contributed by atoms with E-state index in [1.54, 1.807) is 0 Å². The number of hydrogen-bond donors (Lipinski definition) is 1. The summed E-state index contributed by atoms with van der Waals surface area (Å²) in [6, 6.07) is 28.6. The maximum Gasteiger partial charge on any atom is 0.233 e. The van der Waals surface area contributed by atoms with E-state index in [-0.39, 0.29) is 5.91 Å². The molecule has 8 heteroatoms. The second kappa shape index (κ2) is 10.6. The monoisotopic (exact) mass is 508 g/mol. The Morgan fingerprint density at radius 2 is 1.59 bits per heavy atom. The fourth-order valence-electron chi connectivity index (χ4n) is 5.01. The maximum absolute atomic E-state index is 13.1. The lowest BCUT2D eigenvalue weighted by Crippen LogP contribution is -2.39. The van der Waals surface area contributed by atoms with Gasteiger partial charge in [-0.15, -0.1) is 10.2 Å². The first-order valence-corrected chi connectivity index (χ1v) is 13.6. The number of aromatic amines is 1. The number of thioether (sulfide) groups is 1. The first-order valence-electron chi connectivity index (χ1n) is 12.6. The van der Waals surface area contributed by atoms with Gasteiger partial charge in [0.15, 0.2) is 11.0 Å². The minimum absolute atomic E-state index is 0.151. The van der Waals surface area contributed by atoms with Crippen molar-refractivity contribution in [2.24, 2.45) is 5.92 Å². The zero-order chi connectivity index (χ0) is 25.0. The summed E-state index contributed by atoms with van der Waals surface area (Å²) in [5, 5.41) is 18.3. The van der Waals surface area contributed by atoms with Crippen molar-refractivity contribution in [3.63, 3.8) is 0 Å². The number of piperidine rings is 1. The summed E-state index contributed by atoms with van der Waals surface area (Å²) in [5.74, 6) is 1.76. The molecule has 1 fully saturated rings. The molecule has 7 nitrogen and oxygen atoms in total. The molecule has 1 amide bonds. The number of para-hydroxylation sites is 2. The summed E-state index contributed by atoms with van der Waals surface area (Å²) < 4.78 is 1.99. The van der Waals surface area contributed by atoms with Crippen molar-refractivity contribution in [2.75, 3.05) is 18.8 Å². The van der Waals surface area contributed by atoms with Crippen LogP contribution in [-0.4, -0.2) is 54.6 Å². The van der Waals surface area contributed by atoms with Gasteiger partial charge in [-0.1, -0.05) is 78.5 Å². The molecule has 1 N–H and O–H groups in total. The van der Waals surface area contributed by atoms with Crippen LogP contribution in [0.25, 0.3) is 28.1 Å². The number of carbonyl (C=O) groups excluding carboxylic acids is 1. The van der Waals surface area contributed by atoms with Crippen molar-refractivity contribution in [1.82, 2.24) is 29.9 Å². The Kier molecular flexibility index (Phi) is 6.73. The topological polar surface area (TPSA) is 79.7 Å². The lowest BCUT2D eigenvalue weighted by atomic mass is 9.90. The number of rotatable bonds is 7. The summed E-state index contributed by atoms with van der Waals surface area (Å²) in [5.41, 5.74) is 4.00. The lowest BCUT2D eigenvalue weighted by Gasteiger charge is -2.32. The number of H-pyrrole nitrogens is 1. The van der Waals surface area contributed by atoms with Gasteiger partial charge in [0.05, 0.1) is 11.3 Å². The Bertz CT molecular complexity index is 1490. The van der Waals surface area contributed by atoms with Crippen molar-refractivity contribution < 1.29 is 4.79 Å². The Balaban J connectivity index is 1.17. The first kappa shape index (κ1) is 23.5. The third-order valence-electron chi connectivity index (χ3n) is 6.99. The summed E-state index contributed by atoms with van der Waals surface area (Å²) in [4.78, 5) is 15.1. The molecular weight excluding hydrogens is 480 g/mol. The van der Waals surface area contributed by atoms with Crippen molar-refractivity contribution in [2.45, 2.75) is 24.4 Å². The first-order chi connectivity index (χ1) is 18.3. The molecule has 1 aliphatic heterocycles. The van der Waals surface area contributed by atoms with E-state index >= 15 is 0 Å². The number of likely N-dealkylation sites (tertiary alicyclic amines) is 1. The Labute approximate surface area is 219 Å². The minimum Gasteiger partial charge on any atom is -0.342 e. The Morgan fingerprint density at radius 1 is 0.892 bits per heavy atom. The molecule has 186 valence electrons. The molecule has 37 heavy (non-hydrogen) atoms. The quantitative estimate of drug-likeness (QED) is 0.299. The number of fused-ring (bicyclic) bond motifs is 1. The van der Waals surface area contributed by atoms with Crippen molar-refractivity contribution in [3.8, 4) is 17.2 Å². The van der Waals surface area contributed by atoms with Gasteiger partial charge in [0.1, 0.15) is 5.69 Å². The van der Waals surface area contributed by atoms with E-state index in [0.29, 0.717) is 22.7 Å². The van der Waals surface area contributed by atoms with Crippen molar-refractivity contribution in [1.29, 1.82) is 0 Å². The highest BCUT2D eigenvalue weighted by molar-refractivity contribution is 7.99. The number of benzene rings is 3. The van der Waals surface area contributed by atoms with Gasteiger partial charge in [0, 0.05) is 24.2 Å². The van der Waals surface area contributed by atoms with Gasteiger partial charge in [-0.25, -0.2) is 0 Å². The second-order valence-corrected chi connectivity index (χ2v) is 10.3. The summed E-state index contributed by atoms with van der Waals surface area (Å²) in [7, 11) is 0. The van der Waals surface area contributed by atoms with Gasteiger partial charge in [-0.05, 0) is 48.9 Å². The SMILES string of the molecule is O=C(CSc1nnc(-c2n[nH]c3ccccc23)n1-c1ccccc1)N1CCC(Cc2ccccc2)CC1. The number of aromatic nitrogens is 5. The predicted octanol–water partition coefficient (Wildman–Crippen LogP) is 5.38. The molecule has 3 heterocycles. The zero-order valence-corrected chi connectivity index (χ0v) is 21.3. The molecule has 5 aromatic rings. The number of nitrogens with zero attached hydrogens (tertiary/aromatic N) is 5. The van der Waals surface area contributed by atoms with E-state index in [1.807, 2.05) is 64.1 Å². The van der Waals surface area contributed by atoms with Crippen molar-refractivity contribution >= 4 is 28.6 Å². The van der Waals surface area contributed by atoms with Crippen LogP contribution in [0.3, 0.4) is 0 Å². The molecule has 1 saturated heterocycles. The Hall–Kier alpha value is -3.91. The van der Waals surface area contributed by atoms with E-state index in [0.717, 1.165) is 54.6 Å². The number of hydrogen-bond acceptors (Lipinski definition) is 5. The third kappa shape index (κ3) is 5.02. The van der Waals surface area contributed by atoms with Gasteiger partial charge < -0.3 is 4.90 Å². The van der Waals surface area contributed by atoms with E-state index in [1.165, 1.54) is 17.3 Å². The van der Waals surface area contributed by atoms with E-state index in [4.69, 9.17) is 0 Å². The van der Waals surface area contributed by atoms with Gasteiger partial charge in [-0.2, -0.15) is 5.10 Å². The number of carbonyl (C=O) groups is 1. The van der Waals surface area contributed by atoms with Gasteiger partial charge in [0.2, 0.25) is 5.91 Å². The third-order valence-corrected chi connectivity index (χ3v) is 7.90. The smallest absolute Gasteiger partial charge is 0.233 e. The molecule has 0 atom stereocenters.